The Balaban J connectivity index is 1.22. The fraction of sp³-hybridized carbons (Fsp3) is 0.350. The lowest BCUT2D eigenvalue weighted by Crippen LogP contribution is -2.32. The first-order valence-corrected chi connectivity index (χ1v) is 11.7. The van der Waals surface area contributed by atoms with Gasteiger partial charge in [-0.05, 0) is 49.1 Å². The third-order valence-electron chi connectivity index (χ3n) is 4.93. The third kappa shape index (κ3) is 4.52. The van der Waals surface area contributed by atoms with Crippen LogP contribution in [0, 0.1) is 0 Å². The Kier molecular flexibility index (Phi) is 5.91. The molecule has 28 heavy (non-hydrogen) atoms. The topological polar surface area (TPSA) is 75.4 Å². The van der Waals surface area contributed by atoms with Gasteiger partial charge < -0.3 is 4.52 Å². The number of nitrogens with one attached hydrogen (secondary N) is 1. The van der Waals surface area contributed by atoms with Crippen molar-refractivity contribution in [3.05, 3.63) is 59.8 Å². The Bertz CT molecular complexity index is 1010. The lowest BCUT2D eigenvalue weighted by atomic mass is 10.00. The van der Waals surface area contributed by atoms with Gasteiger partial charge >= 0.3 is 0 Å². The molecular formula is C20H23N3O3S2. The monoisotopic (exact) mass is 417 g/mol. The zero-order chi connectivity index (χ0) is 19.4. The van der Waals surface area contributed by atoms with Crippen molar-refractivity contribution in [2.45, 2.75) is 30.0 Å². The largest absolute Gasteiger partial charge is 0.355 e. The summed E-state index contributed by atoms with van der Waals surface area (Å²) in [7, 11) is -3.48. The first kappa shape index (κ1) is 19.3. The number of sulfonamides is 1. The van der Waals surface area contributed by atoms with Gasteiger partial charge in [0.1, 0.15) is 4.21 Å². The molecule has 0 radical (unpaired) electrons. The zero-order valence-corrected chi connectivity index (χ0v) is 17.1. The minimum atomic E-state index is -3.48. The Morgan fingerprint density at radius 1 is 1.11 bits per heavy atom. The summed E-state index contributed by atoms with van der Waals surface area (Å²) in [6.07, 6.45) is 4.42. The minimum absolute atomic E-state index is 0.298. The SMILES string of the molecule is O=S(=O)(NCCCCN1CCc2ccccc2C1)c1ccc(-c2ccno2)s1. The number of hydrogen-bond donors (Lipinski definition) is 1. The normalized spacial score (nSPS) is 14.9. The second kappa shape index (κ2) is 8.57. The van der Waals surface area contributed by atoms with Crippen molar-refractivity contribution in [2.75, 3.05) is 19.6 Å². The van der Waals surface area contributed by atoms with Gasteiger partial charge in [0.15, 0.2) is 5.76 Å². The second-order valence-corrected chi connectivity index (χ2v) is 9.97. The van der Waals surface area contributed by atoms with Crippen molar-refractivity contribution in [1.29, 1.82) is 0 Å². The average molecular weight is 418 g/mol. The Morgan fingerprint density at radius 3 is 2.79 bits per heavy atom. The first-order chi connectivity index (χ1) is 13.6. The molecular weight excluding hydrogens is 394 g/mol. The number of nitrogens with zero attached hydrogens (tertiary/aromatic N) is 2. The van der Waals surface area contributed by atoms with Crippen LogP contribution < -0.4 is 4.72 Å². The van der Waals surface area contributed by atoms with Crippen molar-refractivity contribution in [1.82, 2.24) is 14.8 Å². The molecule has 1 aliphatic heterocycles. The minimum Gasteiger partial charge on any atom is -0.355 e. The maximum atomic E-state index is 12.5. The maximum absolute atomic E-state index is 12.5. The highest BCUT2D eigenvalue weighted by Gasteiger charge is 2.18. The van der Waals surface area contributed by atoms with E-state index in [1.807, 2.05) is 0 Å². The predicted octanol–water partition coefficient (Wildman–Crippen LogP) is 3.52. The van der Waals surface area contributed by atoms with Gasteiger partial charge in [-0.25, -0.2) is 13.1 Å². The number of rotatable bonds is 8. The lowest BCUT2D eigenvalue weighted by molar-refractivity contribution is 0.249. The van der Waals surface area contributed by atoms with Crippen LogP contribution in [-0.4, -0.2) is 38.1 Å². The summed E-state index contributed by atoms with van der Waals surface area (Å²) >= 11 is 1.19. The number of aromatic nitrogens is 1. The van der Waals surface area contributed by atoms with Crippen LogP contribution in [0.2, 0.25) is 0 Å². The maximum Gasteiger partial charge on any atom is 0.250 e. The Morgan fingerprint density at radius 2 is 1.96 bits per heavy atom. The van der Waals surface area contributed by atoms with Gasteiger partial charge in [0.05, 0.1) is 11.1 Å². The molecule has 6 nitrogen and oxygen atoms in total. The highest BCUT2D eigenvalue weighted by molar-refractivity contribution is 7.91. The molecule has 1 N–H and O–H groups in total. The van der Waals surface area contributed by atoms with Crippen LogP contribution in [0.15, 0.2) is 57.4 Å². The second-order valence-electron chi connectivity index (χ2n) is 6.90. The van der Waals surface area contributed by atoms with Crippen LogP contribution in [0.25, 0.3) is 10.6 Å². The van der Waals surface area contributed by atoms with Crippen LogP contribution in [0.4, 0.5) is 0 Å². The molecule has 1 aromatic carbocycles. The van der Waals surface area contributed by atoms with E-state index in [0.29, 0.717) is 16.5 Å². The summed E-state index contributed by atoms with van der Waals surface area (Å²) in [4.78, 5) is 3.20. The summed E-state index contributed by atoms with van der Waals surface area (Å²) in [6.45, 7) is 3.50. The van der Waals surface area contributed by atoms with Crippen LogP contribution in [-0.2, 0) is 23.0 Å². The molecule has 2 aromatic heterocycles. The molecule has 1 aliphatic rings. The summed E-state index contributed by atoms with van der Waals surface area (Å²) in [5.41, 5.74) is 2.86. The standard InChI is InChI=1S/C20H23N3O3S2/c24-28(25,20-8-7-19(27-20)18-9-12-21-26-18)22-11-3-4-13-23-14-10-16-5-1-2-6-17(16)15-23/h1-2,5-9,12,22H,3-4,10-11,13-15H2. The molecule has 0 bridgehead atoms. The molecule has 3 aromatic rings. The van der Waals surface area contributed by atoms with Crippen LogP contribution in [0.3, 0.4) is 0 Å². The third-order valence-corrected chi connectivity index (χ3v) is 7.98. The molecule has 0 atom stereocenters. The zero-order valence-electron chi connectivity index (χ0n) is 15.5. The van der Waals surface area contributed by atoms with E-state index in [-0.39, 0.29) is 0 Å². The molecule has 0 fully saturated rings. The van der Waals surface area contributed by atoms with Crippen molar-refractivity contribution < 1.29 is 12.9 Å². The van der Waals surface area contributed by atoms with Gasteiger partial charge in [0.25, 0.3) is 0 Å². The summed E-state index contributed by atoms with van der Waals surface area (Å²) in [6, 6.07) is 13.7. The van der Waals surface area contributed by atoms with Crippen molar-refractivity contribution in [3.8, 4) is 10.6 Å². The van der Waals surface area contributed by atoms with E-state index >= 15 is 0 Å². The molecule has 0 unspecified atom stereocenters. The van der Waals surface area contributed by atoms with Crippen molar-refractivity contribution in [2.24, 2.45) is 0 Å². The first-order valence-electron chi connectivity index (χ1n) is 9.41. The van der Waals surface area contributed by atoms with Crippen LogP contribution in [0.5, 0.6) is 0 Å². The van der Waals surface area contributed by atoms with E-state index in [9.17, 15) is 8.42 Å². The number of fused-ring (bicyclic) bond motifs is 1. The van der Waals surface area contributed by atoms with Gasteiger partial charge in [-0.15, -0.1) is 11.3 Å². The van der Waals surface area contributed by atoms with Crippen molar-refractivity contribution in [3.63, 3.8) is 0 Å². The van der Waals surface area contributed by atoms with E-state index in [1.165, 1.54) is 22.5 Å². The highest BCUT2D eigenvalue weighted by Crippen LogP contribution is 2.30. The Hall–Kier alpha value is -2.00. The molecule has 0 spiro atoms. The van der Waals surface area contributed by atoms with Gasteiger partial charge in [-0.3, -0.25) is 4.90 Å². The van der Waals surface area contributed by atoms with E-state index in [2.05, 4.69) is 39.0 Å². The van der Waals surface area contributed by atoms with Gasteiger partial charge in [0.2, 0.25) is 10.0 Å². The molecule has 0 saturated carbocycles. The smallest absolute Gasteiger partial charge is 0.250 e. The fourth-order valence-electron chi connectivity index (χ4n) is 3.42. The predicted molar refractivity (Wildman–Crippen MR) is 110 cm³/mol. The quantitative estimate of drug-likeness (QED) is 0.568. The van der Waals surface area contributed by atoms with E-state index in [1.54, 1.807) is 24.4 Å². The molecule has 0 aliphatic carbocycles. The van der Waals surface area contributed by atoms with Gasteiger partial charge in [-0.2, -0.15) is 0 Å². The Labute approximate surface area is 169 Å². The van der Waals surface area contributed by atoms with E-state index in [4.69, 9.17) is 4.52 Å². The number of unbranched alkanes of at least 4 members (excludes halogenated alkanes) is 1. The summed E-state index contributed by atoms with van der Waals surface area (Å²) < 4.78 is 33.0. The molecule has 0 saturated heterocycles. The lowest BCUT2D eigenvalue weighted by Gasteiger charge is -2.28. The molecule has 0 amide bonds. The highest BCUT2D eigenvalue weighted by atomic mass is 32.2. The summed E-state index contributed by atoms with van der Waals surface area (Å²) in [5, 5.41) is 3.65. The molecule has 148 valence electrons. The van der Waals surface area contributed by atoms with Crippen LogP contribution >= 0.6 is 11.3 Å². The van der Waals surface area contributed by atoms with Gasteiger partial charge in [-0.1, -0.05) is 29.4 Å². The number of benzene rings is 1. The summed E-state index contributed by atoms with van der Waals surface area (Å²) in [5.74, 6) is 0.578. The molecule has 8 heteroatoms. The number of hydrogen-bond acceptors (Lipinski definition) is 6. The fourth-order valence-corrected chi connectivity index (χ4v) is 5.81. The van der Waals surface area contributed by atoms with E-state index in [0.717, 1.165) is 43.8 Å². The van der Waals surface area contributed by atoms with E-state index < -0.39 is 10.0 Å². The van der Waals surface area contributed by atoms with Crippen LogP contribution in [0.1, 0.15) is 24.0 Å². The molecule has 4 rings (SSSR count). The van der Waals surface area contributed by atoms with Gasteiger partial charge in [0, 0.05) is 25.7 Å². The molecule has 3 heterocycles. The average Bonchev–Trinajstić information content (AvgIpc) is 3.39. The number of thiophene rings is 1. The van der Waals surface area contributed by atoms with Crippen molar-refractivity contribution >= 4 is 21.4 Å².